The smallest absolute Gasteiger partial charge is 0.251 e. The summed E-state index contributed by atoms with van der Waals surface area (Å²) in [5, 5.41) is 6.07. The first-order chi connectivity index (χ1) is 14.0. The number of piperidine rings is 1. The van der Waals surface area contributed by atoms with Crippen LogP contribution in [0.1, 0.15) is 35.2 Å². The maximum Gasteiger partial charge on any atom is 0.251 e. The Morgan fingerprint density at radius 2 is 1.97 bits per heavy atom. The Bertz CT molecular complexity index is 676. The van der Waals surface area contributed by atoms with Crippen LogP contribution < -0.4 is 10.6 Å². The van der Waals surface area contributed by atoms with Gasteiger partial charge in [0.05, 0.1) is 6.10 Å². The molecule has 0 spiro atoms. The van der Waals surface area contributed by atoms with Gasteiger partial charge >= 0.3 is 0 Å². The first kappa shape index (κ1) is 23.1. The standard InChI is InChI=1S/C21H33FN4O3/c1-16-5-6-17(15-19(16)22)20(27)24-9-10-25-21(23-2)26-11-7-18(8-12-26)29-14-4-13-28-3/h5-6,15,18H,4,7-14H2,1-3H3,(H,23,25)(H,24,27). The molecule has 0 aliphatic carbocycles. The number of benzene rings is 1. The number of methoxy groups -OCH3 is 1. The van der Waals surface area contributed by atoms with Crippen LogP contribution in [-0.4, -0.2) is 76.4 Å². The molecule has 1 aromatic rings. The van der Waals surface area contributed by atoms with E-state index in [4.69, 9.17) is 9.47 Å². The normalized spacial score (nSPS) is 15.4. The van der Waals surface area contributed by atoms with Gasteiger partial charge in [-0.2, -0.15) is 0 Å². The largest absolute Gasteiger partial charge is 0.385 e. The van der Waals surface area contributed by atoms with Gasteiger partial charge in [-0.1, -0.05) is 6.07 Å². The summed E-state index contributed by atoms with van der Waals surface area (Å²) in [4.78, 5) is 18.7. The van der Waals surface area contributed by atoms with E-state index < -0.39 is 0 Å². The average Bonchev–Trinajstić information content (AvgIpc) is 2.74. The van der Waals surface area contributed by atoms with Crippen molar-refractivity contribution in [1.29, 1.82) is 0 Å². The van der Waals surface area contributed by atoms with Gasteiger partial charge in [-0.05, 0) is 43.9 Å². The maximum absolute atomic E-state index is 13.6. The van der Waals surface area contributed by atoms with Gasteiger partial charge in [-0.25, -0.2) is 4.39 Å². The lowest BCUT2D eigenvalue weighted by atomic mass is 10.1. The zero-order chi connectivity index (χ0) is 21.1. The number of hydrogen-bond donors (Lipinski definition) is 2. The van der Waals surface area contributed by atoms with Crippen LogP contribution in [0.4, 0.5) is 4.39 Å². The summed E-state index contributed by atoms with van der Waals surface area (Å²) in [5.41, 5.74) is 0.848. The van der Waals surface area contributed by atoms with Gasteiger partial charge in [0.2, 0.25) is 0 Å². The van der Waals surface area contributed by atoms with Crippen molar-refractivity contribution in [3.05, 3.63) is 35.1 Å². The van der Waals surface area contributed by atoms with E-state index in [2.05, 4.69) is 20.5 Å². The predicted molar refractivity (Wildman–Crippen MR) is 112 cm³/mol. The number of carbonyl (C=O) groups excluding carboxylic acids is 1. The fourth-order valence-electron chi connectivity index (χ4n) is 3.21. The fraction of sp³-hybridized carbons (Fsp3) is 0.619. The molecule has 0 bridgehead atoms. The Morgan fingerprint density at radius 1 is 1.24 bits per heavy atom. The van der Waals surface area contributed by atoms with Crippen molar-refractivity contribution in [2.75, 3.05) is 53.6 Å². The highest BCUT2D eigenvalue weighted by atomic mass is 19.1. The molecule has 29 heavy (non-hydrogen) atoms. The second-order valence-electron chi connectivity index (χ2n) is 7.10. The number of rotatable bonds is 9. The highest BCUT2D eigenvalue weighted by Crippen LogP contribution is 2.14. The van der Waals surface area contributed by atoms with Crippen molar-refractivity contribution in [3.63, 3.8) is 0 Å². The lowest BCUT2D eigenvalue weighted by Crippen LogP contribution is -2.48. The third-order valence-electron chi connectivity index (χ3n) is 4.93. The number of aliphatic imine (C=N–C) groups is 1. The number of halogens is 1. The Balaban J connectivity index is 1.66. The van der Waals surface area contributed by atoms with E-state index in [0.717, 1.165) is 51.5 Å². The van der Waals surface area contributed by atoms with E-state index in [0.29, 0.717) is 24.2 Å². The molecule has 0 radical (unpaired) electrons. The Hall–Kier alpha value is -2.19. The molecule has 162 valence electrons. The molecule has 7 nitrogen and oxygen atoms in total. The van der Waals surface area contributed by atoms with Gasteiger partial charge in [-0.3, -0.25) is 9.79 Å². The SMILES string of the molecule is CN=C(NCCNC(=O)c1ccc(C)c(F)c1)N1CCC(OCCCOC)CC1. The van der Waals surface area contributed by atoms with Crippen LogP contribution in [0.25, 0.3) is 0 Å². The number of likely N-dealkylation sites (tertiary alicyclic amines) is 1. The maximum atomic E-state index is 13.6. The summed E-state index contributed by atoms with van der Waals surface area (Å²) in [6, 6.07) is 4.50. The van der Waals surface area contributed by atoms with Crippen LogP contribution in [0.3, 0.4) is 0 Å². The molecule has 8 heteroatoms. The molecule has 1 aliphatic rings. The molecule has 1 amide bonds. The number of ether oxygens (including phenoxy) is 2. The van der Waals surface area contributed by atoms with E-state index in [1.54, 1.807) is 33.2 Å². The molecule has 1 aromatic carbocycles. The summed E-state index contributed by atoms with van der Waals surface area (Å²) in [5.74, 6) is 0.160. The summed E-state index contributed by atoms with van der Waals surface area (Å²) < 4.78 is 24.5. The van der Waals surface area contributed by atoms with Crippen molar-refractivity contribution >= 4 is 11.9 Å². The van der Waals surface area contributed by atoms with Crippen molar-refractivity contribution in [2.24, 2.45) is 4.99 Å². The molecule has 2 rings (SSSR count). The Morgan fingerprint density at radius 3 is 2.62 bits per heavy atom. The first-order valence-corrected chi connectivity index (χ1v) is 10.2. The third-order valence-corrected chi connectivity index (χ3v) is 4.93. The number of carbonyl (C=O) groups is 1. The van der Waals surface area contributed by atoms with E-state index in [-0.39, 0.29) is 17.8 Å². The van der Waals surface area contributed by atoms with E-state index >= 15 is 0 Å². The number of aryl methyl sites for hydroxylation is 1. The zero-order valence-corrected chi connectivity index (χ0v) is 17.7. The molecule has 0 aromatic heterocycles. The second kappa shape index (κ2) is 12.4. The average molecular weight is 409 g/mol. The molecular formula is C21H33FN4O3. The molecule has 1 heterocycles. The highest BCUT2D eigenvalue weighted by Gasteiger charge is 2.21. The molecule has 1 saturated heterocycles. The quantitative estimate of drug-likeness (QED) is 0.371. The lowest BCUT2D eigenvalue weighted by Gasteiger charge is -2.34. The van der Waals surface area contributed by atoms with Gasteiger partial charge in [0.25, 0.3) is 5.91 Å². The number of nitrogens with one attached hydrogen (secondary N) is 2. The number of guanidine groups is 1. The topological polar surface area (TPSA) is 75.2 Å². The third kappa shape index (κ3) is 7.62. The summed E-state index contributed by atoms with van der Waals surface area (Å²) in [7, 11) is 3.45. The summed E-state index contributed by atoms with van der Waals surface area (Å²) in [6.45, 7) is 5.85. The van der Waals surface area contributed by atoms with Crippen molar-refractivity contribution in [1.82, 2.24) is 15.5 Å². The van der Waals surface area contributed by atoms with Gasteiger partial charge < -0.3 is 25.0 Å². The fourth-order valence-corrected chi connectivity index (χ4v) is 3.21. The van der Waals surface area contributed by atoms with Crippen LogP contribution in [-0.2, 0) is 9.47 Å². The molecule has 0 saturated carbocycles. The molecular weight excluding hydrogens is 375 g/mol. The Labute approximate surface area is 172 Å². The molecule has 0 atom stereocenters. The van der Waals surface area contributed by atoms with Crippen LogP contribution in [0, 0.1) is 12.7 Å². The van der Waals surface area contributed by atoms with Crippen molar-refractivity contribution < 1.29 is 18.7 Å². The van der Waals surface area contributed by atoms with Gasteiger partial charge in [0.1, 0.15) is 5.82 Å². The van der Waals surface area contributed by atoms with Crippen LogP contribution in [0.2, 0.25) is 0 Å². The van der Waals surface area contributed by atoms with Crippen LogP contribution in [0.15, 0.2) is 23.2 Å². The Kier molecular flexibility index (Phi) is 9.87. The molecule has 1 aliphatic heterocycles. The number of amides is 1. The lowest BCUT2D eigenvalue weighted by molar-refractivity contribution is 0.00991. The summed E-state index contributed by atoms with van der Waals surface area (Å²) in [6.07, 6.45) is 3.13. The van der Waals surface area contributed by atoms with Gasteiger partial charge in [-0.15, -0.1) is 0 Å². The minimum absolute atomic E-state index is 0.285. The van der Waals surface area contributed by atoms with E-state index in [9.17, 15) is 9.18 Å². The van der Waals surface area contributed by atoms with Crippen molar-refractivity contribution in [2.45, 2.75) is 32.3 Å². The van der Waals surface area contributed by atoms with E-state index in [1.807, 2.05) is 0 Å². The molecule has 2 N–H and O–H groups in total. The second-order valence-corrected chi connectivity index (χ2v) is 7.10. The minimum atomic E-state index is -0.373. The zero-order valence-electron chi connectivity index (χ0n) is 17.7. The first-order valence-electron chi connectivity index (χ1n) is 10.2. The van der Waals surface area contributed by atoms with Gasteiger partial charge in [0.15, 0.2) is 5.96 Å². The highest BCUT2D eigenvalue weighted by molar-refractivity contribution is 5.94. The summed E-state index contributed by atoms with van der Waals surface area (Å²) >= 11 is 0. The van der Waals surface area contributed by atoms with Crippen LogP contribution in [0.5, 0.6) is 0 Å². The number of nitrogens with zero attached hydrogens (tertiary/aromatic N) is 2. The number of hydrogen-bond acceptors (Lipinski definition) is 4. The molecule has 0 unspecified atom stereocenters. The van der Waals surface area contributed by atoms with Crippen LogP contribution >= 0.6 is 0 Å². The van der Waals surface area contributed by atoms with Gasteiger partial charge in [0, 0.05) is 59.1 Å². The van der Waals surface area contributed by atoms with Crippen molar-refractivity contribution in [3.8, 4) is 0 Å². The predicted octanol–water partition coefficient (Wildman–Crippen LogP) is 1.96. The molecule has 1 fully saturated rings. The van der Waals surface area contributed by atoms with E-state index in [1.165, 1.54) is 6.07 Å². The minimum Gasteiger partial charge on any atom is -0.385 e. The monoisotopic (exact) mass is 408 g/mol.